The van der Waals surface area contributed by atoms with E-state index in [4.69, 9.17) is 4.74 Å². The normalized spacial score (nSPS) is 15.6. The monoisotopic (exact) mass is 266 g/mol. The molecular weight excluding hydrogens is 251 g/mol. The Morgan fingerprint density at radius 1 is 1.32 bits per heavy atom. The average Bonchev–Trinajstić information content (AvgIpc) is 2.63. The van der Waals surface area contributed by atoms with E-state index in [1.807, 2.05) is 0 Å². The third kappa shape index (κ3) is 3.94. The molecule has 0 atom stereocenters. The average molecular weight is 266 g/mol. The minimum atomic E-state index is -0.351. The number of carbonyl (C=O) groups excluding carboxylic acids is 2. The molecule has 0 aromatic heterocycles. The first-order valence-electron chi connectivity index (χ1n) is 6.08. The Hall–Kier alpha value is -2.11. The zero-order chi connectivity index (χ0) is 13.7. The predicted octanol–water partition coefficient (Wildman–Crippen LogP) is 0.553. The molecule has 2 amide bonds. The molecule has 0 unspecified atom stereocenters. The van der Waals surface area contributed by atoms with Gasteiger partial charge in [-0.2, -0.15) is 0 Å². The molecule has 0 radical (unpaired) electrons. The predicted molar refractivity (Wildman–Crippen MR) is 66.1 cm³/mol. The lowest BCUT2D eigenvalue weighted by Crippen LogP contribution is -2.37. The lowest BCUT2D eigenvalue weighted by molar-refractivity contribution is -0.133. The molecule has 0 bridgehead atoms. The van der Waals surface area contributed by atoms with Crippen LogP contribution in [0, 0.1) is 5.82 Å². The Balaban J connectivity index is 1.83. The molecule has 1 saturated heterocycles. The van der Waals surface area contributed by atoms with Gasteiger partial charge in [-0.15, -0.1) is 0 Å². The second-order valence-electron chi connectivity index (χ2n) is 4.22. The smallest absolute Gasteiger partial charge is 0.260 e. The van der Waals surface area contributed by atoms with Crippen LogP contribution in [0.25, 0.3) is 0 Å². The van der Waals surface area contributed by atoms with Gasteiger partial charge in [-0.05, 0) is 24.3 Å². The molecule has 1 aliphatic rings. The minimum Gasteiger partial charge on any atom is -0.484 e. The first kappa shape index (κ1) is 13.3. The Morgan fingerprint density at radius 2 is 2.05 bits per heavy atom. The summed E-state index contributed by atoms with van der Waals surface area (Å²) >= 11 is 0. The molecule has 19 heavy (non-hydrogen) atoms. The van der Waals surface area contributed by atoms with Crippen molar-refractivity contribution in [2.75, 3.05) is 26.2 Å². The van der Waals surface area contributed by atoms with Crippen LogP contribution >= 0.6 is 0 Å². The molecule has 0 spiro atoms. The number of ether oxygens (including phenoxy) is 1. The van der Waals surface area contributed by atoms with E-state index in [-0.39, 0.29) is 24.2 Å². The van der Waals surface area contributed by atoms with E-state index in [1.54, 1.807) is 4.90 Å². The van der Waals surface area contributed by atoms with Gasteiger partial charge in [0.05, 0.1) is 0 Å². The molecule has 1 aliphatic heterocycles. The SMILES string of the molecule is O=C1CCN(C(=O)COc2ccc(F)cc2)CCN1. The van der Waals surface area contributed by atoms with Crippen molar-refractivity contribution in [3.8, 4) is 5.75 Å². The lowest BCUT2D eigenvalue weighted by Gasteiger charge is -2.19. The summed E-state index contributed by atoms with van der Waals surface area (Å²) in [4.78, 5) is 24.6. The van der Waals surface area contributed by atoms with Crippen molar-refractivity contribution in [1.82, 2.24) is 10.2 Å². The fraction of sp³-hybridized carbons (Fsp3) is 0.385. The second kappa shape index (κ2) is 6.17. The first-order chi connectivity index (χ1) is 9.15. The van der Waals surface area contributed by atoms with Crippen LogP contribution in [-0.4, -0.2) is 43.0 Å². The first-order valence-corrected chi connectivity index (χ1v) is 6.08. The van der Waals surface area contributed by atoms with Crippen molar-refractivity contribution in [1.29, 1.82) is 0 Å². The molecule has 0 aliphatic carbocycles. The minimum absolute atomic E-state index is 0.0465. The van der Waals surface area contributed by atoms with E-state index in [1.165, 1.54) is 24.3 Å². The van der Waals surface area contributed by atoms with Gasteiger partial charge in [-0.3, -0.25) is 9.59 Å². The molecule has 1 N–H and O–H groups in total. The zero-order valence-corrected chi connectivity index (χ0v) is 10.4. The van der Waals surface area contributed by atoms with E-state index in [9.17, 15) is 14.0 Å². The number of nitrogens with one attached hydrogen (secondary N) is 1. The molecule has 1 aromatic rings. The van der Waals surface area contributed by atoms with Gasteiger partial charge < -0.3 is 15.0 Å². The Morgan fingerprint density at radius 3 is 2.79 bits per heavy atom. The van der Waals surface area contributed by atoms with E-state index in [0.717, 1.165) is 0 Å². The summed E-state index contributed by atoms with van der Waals surface area (Å²) in [6, 6.07) is 5.48. The highest BCUT2D eigenvalue weighted by Gasteiger charge is 2.18. The van der Waals surface area contributed by atoms with Gasteiger partial charge in [0.2, 0.25) is 5.91 Å². The van der Waals surface area contributed by atoms with Crippen molar-refractivity contribution < 1.29 is 18.7 Å². The third-order valence-electron chi connectivity index (χ3n) is 2.84. The number of hydrogen-bond acceptors (Lipinski definition) is 3. The summed E-state index contributed by atoms with van der Waals surface area (Å²) in [5.41, 5.74) is 0. The number of nitrogens with zero attached hydrogens (tertiary/aromatic N) is 1. The van der Waals surface area contributed by atoms with Crippen LogP contribution in [0.4, 0.5) is 4.39 Å². The molecule has 1 heterocycles. The van der Waals surface area contributed by atoms with Crippen molar-refractivity contribution in [3.05, 3.63) is 30.1 Å². The highest BCUT2D eigenvalue weighted by atomic mass is 19.1. The zero-order valence-electron chi connectivity index (χ0n) is 10.4. The maximum absolute atomic E-state index is 12.7. The van der Waals surface area contributed by atoms with E-state index in [0.29, 0.717) is 31.8 Å². The number of amides is 2. The maximum atomic E-state index is 12.7. The Labute approximate surface area is 110 Å². The van der Waals surface area contributed by atoms with Gasteiger partial charge in [0.15, 0.2) is 6.61 Å². The highest BCUT2D eigenvalue weighted by molar-refractivity contribution is 5.80. The van der Waals surface area contributed by atoms with E-state index < -0.39 is 0 Å². The van der Waals surface area contributed by atoms with Gasteiger partial charge >= 0.3 is 0 Å². The number of rotatable bonds is 3. The molecule has 1 fully saturated rings. The summed E-state index contributed by atoms with van der Waals surface area (Å²) in [7, 11) is 0. The summed E-state index contributed by atoms with van der Waals surface area (Å²) < 4.78 is 18.0. The topological polar surface area (TPSA) is 58.6 Å². The van der Waals surface area contributed by atoms with Crippen molar-refractivity contribution >= 4 is 11.8 Å². The number of carbonyl (C=O) groups is 2. The fourth-order valence-corrected chi connectivity index (χ4v) is 1.78. The van der Waals surface area contributed by atoms with Gasteiger partial charge in [0.25, 0.3) is 5.91 Å². The van der Waals surface area contributed by atoms with Crippen molar-refractivity contribution in [3.63, 3.8) is 0 Å². The largest absolute Gasteiger partial charge is 0.484 e. The van der Waals surface area contributed by atoms with E-state index >= 15 is 0 Å². The highest BCUT2D eigenvalue weighted by Crippen LogP contribution is 2.11. The van der Waals surface area contributed by atoms with E-state index in [2.05, 4.69) is 5.32 Å². The molecule has 1 aromatic carbocycles. The molecule has 6 heteroatoms. The summed E-state index contributed by atoms with van der Waals surface area (Å²) in [6.45, 7) is 1.23. The van der Waals surface area contributed by atoms with Gasteiger partial charge in [-0.1, -0.05) is 0 Å². The van der Waals surface area contributed by atoms with Gasteiger partial charge in [0, 0.05) is 26.1 Å². The molecule has 0 saturated carbocycles. The molecule has 102 valence electrons. The van der Waals surface area contributed by atoms with Crippen LogP contribution in [0.2, 0.25) is 0 Å². The maximum Gasteiger partial charge on any atom is 0.260 e. The second-order valence-corrected chi connectivity index (χ2v) is 4.22. The standard InChI is InChI=1S/C13H15FN2O3/c14-10-1-3-11(4-2-10)19-9-13(18)16-7-5-12(17)15-6-8-16/h1-4H,5-9H2,(H,15,17). The van der Waals surface area contributed by atoms with Crippen LogP contribution in [0.5, 0.6) is 5.75 Å². The van der Waals surface area contributed by atoms with Crippen LogP contribution in [0.1, 0.15) is 6.42 Å². The molecule has 5 nitrogen and oxygen atoms in total. The number of benzene rings is 1. The number of halogens is 1. The van der Waals surface area contributed by atoms with Crippen LogP contribution in [0.15, 0.2) is 24.3 Å². The summed E-state index contributed by atoms with van der Waals surface area (Å²) in [6.07, 6.45) is 0.308. The van der Waals surface area contributed by atoms with Gasteiger partial charge in [0.1, 0.15) is 11.6 Å². The summed E-state index contributed by atoms with van der Waals surface area (Å²) in [5, 5.41) is 2.69. The van der Waals surface area contributed by atoms with Crippen molar-refractivity contribution in [2.24, 2.45) is 0 Å². The number of hydrogen-bond donors (Lipinski definition) is 1. The van der Waals surface area contributed by atoms with Crippen molar-refractivity contribution in [2.45, 2.75) is 6.42 Å². The lowest BCUT2D eigenvalue weighted by atomic mass is 10.3. The Bertz CT molecular complexity index is 461. The third-order valence-corrected chi connectivity index (χ3v) is 2.84. The summed E-state index contributed by atoms with van der Waals surface area (Å²) in [5.74, 6) is -0.134. The van der Waals surface area contributed by atoms with Crippen LogP contribution in [-0.2, 0) is 9.59 Å². The molecular formula is C13H15FN2O3. The molecule has 2 rings (SSSR count). The fourth-order valence-electron chi connectivity index (χ4n) is 1.78. The van der Waals surface area contributed by atoms with Crippen LogP contribution < -0.4 is 10.1 Å². The van der Waals surface area contributed by atoms with Crippen LogP contribution in [0.3, 0.4) is 0 Å². The Kier molecular flexibility index (Phi) is 4.33. The van der Waals surface area contributed by atoms with Gasteiger partial charge in [-0.25, -0.2) is 4.39 Å². The quantitative estimate of drug-likeness (QED) is 0.869.